The Morgan fingerprint density at radius 2 is 2.00 bits per heavy atom. The Labute approximate surface area is 189 Å². The number of rotatable bonds is 7. The molecule has 2 saturated heterocycles. The van der Waals surface area contributed by atoms with Crippen molar-refractivity contribution in [3.63, 3.8) is 0 Å². The van der Waals surface area contributed by atoms with E-state index in [1.807, 2.05) is 30.3 Å². The average Bonchev–Trinajstić information content (AvgIpc) is 3.38. The number of nitrogens with zero attached hydrogens (tertiary/aromatic N) is 3. The number of benzene rings is 2. The van der Waals surface area contributed by atoms with Crippen molar-refractivity contribution in [2.75, 3.05) is 30.7 Å². The van der Waals surface area contributed by atoms with Gasteiger partial charge in [-0.25, -0.2) is 9.37 Å². The number of fused-ring (bicyclic) bond motifs is 3. The average molecular weight is 434 g/mol. The Bertz CT molecular complexity index is 1110. The molecule has 6 heteroatoms. The maximum atomic E-state index is 14.8. The first-order chi connectivity index (χ1) is 15.5. The molecule has 3 heterocycles. The lowest BCUT2D eigenvalue weighted by Gasteiger charge is -2.36. The second-order valence-electron chi connectivity index (χ2n) is 9.46. The highest BCUT2D eigenvalue weighted by molar-refractivity contribution is 5.99. The molecule has 3 aromatic rings. The molecule has 5 nitrogen and oxygen atoms in total. The first-order valence-corrected chi connectivity index (χ1v) is 11.6. The Morgan fingerprint density at radius 1 is 1.12 bits per heavy atom. The minimum absolute atomic E-state index is 0.148. The summed E-state index contributed by atoms with van der Waals surface area (Å²) < 4.78 is 14.8. The third kappa shape index (κ3) is 4.05. The molecule has 0 aliphatic carbocycles. The van der Waals surface area contributed by atoms with Gasteiger partial charge in [-0.3, -0.25) is 9.80 Å². The van der Waals surface area contributed by atoms with Crippen LogP contribution in [0.15, 0.2) is 48.7 Å². The molecular weight excluding hydrogens is 401 g/mol. The van der Waals surface area contributed by atoms with E-state index in [1.165, 1.54) is 13.0 Å². The summed E-state index contributed by atoms with van der Waals surface area (Å²) in [4.78, 5) is 9.37. The normalized spacial score (nSPS) is 21.1. The first-order valence-electron chi connectivity index (χ1n) is 11.6. The van der Waals surface area contributed by atoms with Gasteiger partial charge in [-0.15, -0.1) is 0 Å². The second-order valence-corrected chi connectivity index (χ2v) is 9.46. The standard InChI is InChI=1S/C26H32FN5/c1-17(2)32-16-20-13-21(32)15-31(20)11-9-18-6-7-19(24(27)12-18)14-30-25-5-3-4-23-22(25)8-10-29-26(23)28/h3-8,10,12,17,20-21,30H,9,11,13-16H2,1-2H3,(H2,28,29)/t20-,21-/m0/s1. The van der Waals surface area contributed by atoms with Crippen LogP contribution < -0.4 is 11.1 Å². The van der Waals surface area contributed by atoms with Crippen molar-refractivity contribution in [1.29, 1.82) is 0 Å². The molecule has 1 aromatic heterocycles. The highest BCUT2D eigenvalue weighted by Crippen LogP contribution is 2.32. The van der Waals surface area contributed by atoms with Crippen LogP contribution in [-0.4, -0.2) is 52.5 Å². The minimum atomic E-state index is -0.148. The molecule has 2 bridgehead atoms. The lowest BCUT2D eigenvalue weighted by molar-refractivity contribution is 0.105. The lowest BCUT2D eigenvalue weighted by Crippen LogP contribution is -2.49. The van der Waals surface area contributed by atoms with Gasteiger partial charge in [-0.05, 0) is 50.5 Å². The molecule has 2 fully saturated rings. The largest absolute Gasteiger partial charge is 0.383 e. The Morgan fingerprint density at radius 3 is 2.75 bits per heavy atom. The van der Waals surface area contributed by atoms with Gasteiger partial charge in [0.05, 0.1) is 0 Å². The summed E-state index contributed by atoms with van der Waals surface area (Å²) in [5, 5.41) is 5.26. The molecule has 5 rings (SSSR count). The van der Waals surface area contributed by atoms with Gasteiger partial charge in [0.25, 0.3) is 0 Å². The van der Waals surface area contributed by atoms with Crippen molar-refractivity contribution in [3.05, 3.63) is 65.6 Å². The Balaban J connectivity index is 1.19. The van der Waals surface area contributed by atoms with Crippen LogP contribution in [0.2, 0.25) is 0 Å². The van der Waals surface area contributed by atoms with E-state index in [4.69, 9.17) is 5.73 Å². The number of piperazine rings is 1. The molecule has 168 valence electrons. The number of anilines is 2. The summed E-state index contributed by atoms with van der Waals surface area (Å²) in [5.41, 5.74) is 8.65. The third-order valence-corrected chi connectivity index (χ3v) is 7.17. The zero-order chi connectivity index (χ0) is 22.2. The molecule has 0 spiro atoms. The van der Waals surface area contributed by atoms with Crippen LogP contribution in [0.1, 0.15) is 31.4 Å². The van der Waals surface area contributed by atoms with Crippen LogP contribution in [0, 0.1) is 5.82 Å². The number of halogens is 1. The van der Waals surface area contributed by atoms with Crippen LogP contribution in [0.4, 0.5) is 15.9 Å². The van der Waals surface area contributed by atoms with Crippen molar-refractivity contribution in [2.24, 2.45) is 0 Å². The fraction of sp³-hybridized carbons (Fsp3) is 0.423. The zero-order valence-electron chi connectivity index (χ0n) is 18.9. The van der Waals surface area contributed by atoms with Crippen molar-refractivity contribution >= 4 is 22.3 Å². The third-order valence-electron chi connectivity index (χ3n) is 7.17. The highest BCUT2D eigenvalue weighted by atomic mass is 19.1. The Hall–Kier alpha value is -2.70. The second kappa shape index (κ2) is 8.68. The maximum Gasteiger partial charge on any atom is 0.131 e. The van der Waals surface area contributed by atoms with Gasteiger partial charge in [0.1, 0.15) is 11.6 Å². The van der Waals surface area contributed by atoms with Crippen molar-refractivity contribution in [2.45, 2.75) is 51.4 Å². The first kappa shape index (κ1) is 21.2. The van der Waals surface area contributed by atoms with Crippen LogP contribution in [0.5, 0.6) is 0 Å². The number of nitrogen functional groups attached to an aromatic ring is 1. The maximum absolute atomic E-state index is 14.8. The van der Waals surface area contributed by atoms with Crippen LogP contribution in [0.3, 0.4) is 0 Å². The van der Waals surface area contributed by atoms with E-state index in [-0.39, 0.29) is 5.82 Å². The summed E-state index contributed by atoms with van der Waals surface area (Å²) in [7, 11) is 0. The summed E-state index contributed by atoms with van der Waals surface area (Å²) in [6.45, 7) is 8.34. The molecule has 3 N–H and O–H groups in total. The van der Waals surface area contributed by atoms with Gasteiger partial charge in [-0.1, -0.05) is 24.3 Å². The summed E-state index contributed by atoms with van der Waals surface area (Å²) in [5.74, 6) is 0.357. The van der Waals surface area contributed by atoms with Gasteiger partial charge < -0.3 is 11.1 Å². The number of nitrogens with one attached hydrogen (secondary N) is 1. The summed E-state index contributed by atoms with van der Waals surface area (Å²) in [6, 6.07) is 15.5. The Kier molecular flexibility index (Phi) is 5.74. The molecule has 0 unspecified atom stereocenters. The molecule has 32 heavy (non-hydrogen) atoms. The monoisotopic (exact) mass is 433 g/mol. The predicted molar refractivity (Wildman–Crippen MR) is 129 cm³/mol. The van der Waals surface area contributed by atoms with E-state index in [9.17, 15) is 4.39 Å². The summed E-state index contributed by atoms with van der Waals surface area (Å²) in [6.07, 6.45) is 3.88. The smallest absolute Gasteiger partial charge is 0.131 e. The fourth-order valence-electron chi connectivity index (χ4n) is 5.42. The molecule has 2 aliphatic heterocycles. The molecular formula is C26H32FN5. The lowest BCUT2D eigenvalue weighted by atomic mass is 10.1. The molecule has 2 aliphatic rings. The molecule has 0 saturated carbocycles. The van der Waals surface area contributed by atoms with E-state index in [2.05, 4.69) is 40.0 Å². The zero-order valence-corrected chi connectivity index (χ0v) is 18.9. The van der Waals surface area contributed by atoms with Gasteiger partial charge in [0, 0.05) is 72.5 Å². The van der Waals surface area contributed by atoms with Crippen molar-refractivity contribution in [1.82, 2.24) is 14.8 Å². The predicted octanol–water partition coefficient (Wildman–Crippen LogP) is 4.28. The molecule has 0 radical (unpaired) electrons. The van der Waals surface area contributed by atoms with Gasteiger partial charge >= 0.3 is 0 Å². The van der Waals surface area contributed by atoms with Crippen molar-refractivity contribution < 1.29 is 4.39 Å². The van der Waals surface area contributed by atoms with E-state index in [0.717, 1.165) is 41.5 Å². The number of hydrogen-bond donors (Lipinski definition) is 2. The van der Waals surface area contributed by atoms with Crippen molar-refractivity contribution in [3.8, 4) is 0 Å². The topological polar surface area (TPSA) is 57.4 Å². The summed E-state index contributed by atoms with van der Waals surface area (Å²) >= 11 is 0. The van der Waals surface area contributed by atoms with E-state index in [1.54, 1.807) is 12.3 Å². The number of aromatic nitrogens is 1. The quantitative estimate of drug-likeness (QED) is 0.583. The van der Waals surface area contributed by atoms with Crippen LogP contribution in [-0.2, 0) is 13.0 Å². The number of nitrogens with two attached hydrogens (primary N) is 1. The fourth-order valence-corrected chi connectivity index (χ4v) is 5.42. The van der Waals surface area contributed by atoms with Gasteiger partial charge in [0.2, 0.25) is 0 Å². The molecule has 2 atom stereocenters. The minimum Gasteiger partial charge on any atom is -0.383 e. The molecule has 0 amide bonds. The van der Waals surface area contributed by atoms with E-state index in [0.29, 0.717) is 36.1 Å². The molecule has 2 aromatic carbocycles. The number of likely N-dealkylation sites (tertiary alicyclic amines) is 2. The number of pyridine rings is 1. The van der Waals surface area contributed by atoms with Crippen LogP contribution >= 0.6 is 0 Å². The SMILES string of the molecule is CC(C)N1C[C@@H]2C[C@H]1CN2CCc1ccc(CNc2cccc3c(N)nccc23)c(F)c1. The van der Waals surface area contributed by atoms with E-state index < -0.39 is 0 Å². The van der Waals surface area contributed by atoms with E-state index >= 15 is 0 Å². The highest BCUT2D eigenvalue weighted by Gasteiger charge is 2.43. The van der Waals surface area contributed by atoms with Crippen LogP contribution in [0.25, 0.3) is 10.8 Å². The van der Waals surface area contributed by atoms with Gasteiger partial charge in [0.15, 0.2) is 0 Å². The number of hydrogen-bond acceptors (Lipinski definition) is 5. The van der Waals surface area contributed by atoms with Gasteiger partial charge in [-0.2, -0.15) is 0 Å².